The van der Waals surface area contributed by atoms with Crippen LogP contribution in [0.15, 0.2) is 48.5 Å². The summed E-state index contributed by atoms with van der Waals surface area (Å²) >= 11 is 11.7. The number of hydrogen-bond acceptors (Lipinski definition) is 2. The van der Waals surface area contributed by atoms with Crippen LogP contribution in [0, 0.1) is 0 Å². The van der Waals surface area contributed by atoms with Crippen LogP contribution in [0.4, 0.5) is 5.69 Å². The van der Waals surface area contributed by atoms with Gasteiger partial charge in [-0.3, -0.25) is 4.79 Å². The maximum absolute atomic E-state index is 11.8. The highest BCUT2D eigenvalue weighted by molar-refractivity contribution is 6.42. The number of benzene rings is 2. The summed E-state index contributed by atoms with van der Waals surface area (Å²) in [5.41, 5.74) is 0.637. The summed E-state index contributed by atoms with van der Waals surface area (Å²) in [6.07, 6.45) is 1.02. The molecule has 0 aliphatic rings. The normalized spacial score (nSPS) is 10.2. The Labute approximate surface area is 133 Å². The molecule has 0 radical (unpaired) electrons. The fourth-order valence-electron chi connectivity index (χ4n) is 1.74. The topological polar surface area (TPSA) is 38.3 Å². The van der Waals surface area contributed by atoms with E-state index < -0.39 is 0 Å². The van der Waals surface area contributed by atoms with E-state index in [1.807, 2.05) is 30.3 Å². The van der Waals surface area contributed by atoms with Crippen LogP contribution in [0.2, 0.25) is 10.0 Å². The second kappa shape index (κ2) is 7.91. The second-order valence-corrected chi connectivity index (χ2v) is 5.26. The van der Waals surface area contributed by atoms with Gasteiger partial charge in [-0.05, 0) is 36.8 Å². The fraction of sp³-hybridized carbons (Fsp3) is 0.188. The minimum absolute atomic E-state index is 0.0787. The first kappa shape index (κ1) is 15.7. The van der Waals surface area contributed by atoms with Crippen molar-refractivity contribution < 1.29 is 9.53 Å². The van der Waals surface area contributed by atoms with Crippen molar-refractivity contribution in [2.75, 3.05) is 11.9 Å². The van der Waals surface area contributed by atoms with Gasteiger partial charge in [-0.1, -0.05) is 41.4 Å². The van der Waals surface area contributed by atoms with Crippen LogP contribution in [0.25, 0.3) is 0 Å². The lowest BCUT2D eigenvalue weighted by molar-refractivity contribution is -0.116. The Hall–Kier alpha value is -1.71. The molecule has 0 spiro atoms. The van der Waals surface area contributed by atoms with Gasteiger partial charge in [-0.25, -0.2) is 0 Å². The summed E-state index contributed by atoms with van der Waals surface area (Å²) < 4.78 is 5.52. The van der Waals surface area contributed by atoms with Crippen molar-refractivity contribution in [3.8, 4) is 5.75 Å². The first-order chi connectivity index (χ1) is 10.1. The van der Waals surface area contributed by atoms with Crippen LogP contribution in [-0.4, -0.2) is 12.5 Å². The molecule has 2 aromatic carbocycles. The molecule has 0 saturated heterocycles. The van der Waals surface area contributed by atoms with Crippen molar-refractivity contribution in [2.45, 2.75) is 12.8 Å². The van der Waals surface area contributed by atoms with Crippen LogP contribution >= 0.6 is 23.2 Å². The molecule has 2 rings (SSSR count). The molecule has 0 aliphatic heterocycles. The van der Waals surface area contributed by atoms with E-state index in [0.29, 0.717) is 35.2 Å². The predicted molar refractivity (Wildman–Crippen MR) is 86.3 cm³/mol. The van der Waals surface area contributed by atoms with Crippen molar-refractivity contribution in [2.24, 2.45) is 0 Å². The Balaban J connectivity index is 1.71. The van der Waals surface area contributed by atoms with Gasteiger partial charge >= 0.3 is 0 Å². The lowest BCUT2D eigenvalue weighted by Crippen LogP contribution is -2.12. The first-order valence-corrected chi connectivity index (χ1v) is 7.33. The highest BCUT2D eigenvalue weighted by atomic mass is 35.5. The number of halogens is 2. The molecule has 0 unspecified atom stereocenters. The zero-order valence-electron chi connectivity index (χ0n) is 11.3. The van der Waals surface area contributed by atoms with Crippen LogP contribution < -0.4 is 10.1 Å². The molecule has 0 saturated carbocycles. The van der Waals surface area contributed by atoms with Crippen molar-refractivity contribution in [3.63, 3.8) is 0 Å². The molecule has 0 atom stereocenters. The number of nitrogens with one attached hydrogen (secondary N) is 1. The van der Waals surface area contributed by atoms with E-state index >= 15 is 0 Å². The summed E-state index contributed by atoms with van der Waals surface area (Å²) in [4.78, 5) is 11.8. The van der Waals surface area contributed by atoms with E-state index in [4.69, 9.17) is 27.9 Å². The van der Waals surface area contributed by atoms with E-state index in [1.54, 1.807) is 18.2 Å². The van der Waals surface area contributed by atoms with Gasteiger partial charge in [0.05, 0.1) is 16.7 Å². The summed E-state index contributed by atoms with van der Waals surface area (Å²) in [7, 11) is 0. The molecule has 2 aromatic rings. The Kier molecular flexibility index (Phi) is 5.90. The minimum atomic E-state index is -0.0787. The largest absolute Gasteiger partial charge is 0.494 e. The number of ether oxygens (including phenoxy) is 1. The second-order valence-electron chi connectivity index (χ2n) is 4.44. The van der Waals surface area contributed by atoms with Gasteiger partial charge in [0, 0.05) is 12.1 Å². The molecule has 0 aromatic heterocycles. The monoisotopic (exact) mass is 323 g/mol. The molecular weight excluding hydrogens is 309 g/mol. The zero-order chi connectivity index (χ0) is 15.1. The molecule has 0 bridgehead atoms. The summed E-state index contributed by atoms with van der Waals surface area (Å²) in [6, 6.07) is 14.5. The van der Waals surface area contributed by atoms with E-state index in [-0.39, 0.29) is 5.91 Å². The van der Waals surface area contributed by atoms with E-state index in [2.05, 4.69) is 5.32 Å². The molecule has 0 fully saturated rings. The molecule has 1 N–H and O–H groups in total. The third-order valence-corrected chi connectivity index (χ3v) is 3.50. The number of para-hydroxylation sites is 1. The van der Waals surface area contributed by atoms with Gasteiger partial charge in [0.25, 0.3) is 0 Å². The van der Waals surface area contributed by atoms with Crippen molar-refractivity contribution in [1.82, 2.24) is 0 Å². The molecule has 21 heavy (non-hydrogen) atoms. The molecule has 0 aliphatic carbocycles. The third-order valence-electron chi connectivity index (χ3n) is 2.76. The standard InChI is InChI=1S/C16H15Cl2NO2/c17-14-9-8-12(11-15(14)18)19-16(20)7-4-10-21-13-5-2-1-3-6-13/h1-3,5-6,8-9,11H,4,7,10H2,(H,19,20). The van der Waals surface area contributed by atoms with Crippen LogP contribution in [0.5, 0.6) is 5.75 Å². The first-order valence-electron chi connectivity index (χ1n) is 6.58. The smallest absolute Gasteiger partial charge is 0.224 e. The van der Waals surface area contributed by atoms with Gasteiger partial charge < -0.3 is 10.1 Å². The summed E-state index contributed by atoms with van der Waals surface area (Å²) in [5, 5.41) is 3.65. The highest BCUT2D eigenvalue weighted by Crippen LogP contribution is 2.25. The number of anilines is 1. The molecular formula is C16H15Cl2NO2. The van der Waals surface area contributed by atoms with E-state index in [0.717, 1.165) is 5.75 Å². The number of hydrogen-bond donors (Lipinski definition) is 1. The summed E-state index contributed by atoms with van der Waals surface area (Å²) in [5.74, 6) is 0.729. The van der Waals surface area contributed by atoms with Crippen molar-refractivity contribution in [1.29, 1.82) is 0 Å². The van der Waals surface area contributed by atoms with Gasteiger partial charge in [0.15, 0.2) is 0 Å². The lowest BCUT2D eigenvalue weighted by atomic mass is 10.2. The quantitative estimate of drug-likeness (QED) is 0.776. The van der Waals surface area contributed by atoms with Gasteiger partial charge in [0.1, 0.15) is 5.75 Å². The fourth-order valence-corrected chi connectivity index (χ4v) is 2.03. The molecule has 5 heteroatoms. The SMILES string of the molecule is O=C(CCCOc1ccccc1)Nc1ccc(Cl)c(Cl)c1. The zero-order valence-corrected chi connectivity index (χ0v) is 12.8. The van der Waals surface area contributed by atoms with Crippen LogP contribution in [0.3, 0.4) is 0 Å². The average molecular weight is 324 g/mol. The maximum atomic E-state index is 11.8. The molecule has 3 nitrogen and oxygen atoms in total. The lowest BCUT2D eigenvalue weighted by Gasteiger charge is -2.07. The molecule has 1 amide bonds. The van der Waals surface area contributed by atoms with Crippen LogP contribution in [-0.2, 0) is 4.79 Å². The minimum Gasteiger partial charge on any atom is -0.494 e. The Morgan fingerprint density at radius 1 is 1.05 bits per heavy atom. The Morgan fingerprint density at radius 2 is 1.81 bits per heavy atom. The van der Waals surface area contributed by atoms with E-state index in [1.165, 1.54) is 0 Å². The third kappa shape index (κ3) is 5.29. The number of rotatable bonds is 6. The molecule has 0 heterocycles. The Morgan fingerprint density at radius 3 is 2.52 bits per heavy atom. The summed E-state index contributed by atoms with van der Waals surface area (Å²) in [6.45, 7) is 0.499. The maximum Gasteiger partial charge on any atom is 0.224 e. The number of carbonyl (C=O) groups excluding carboxylic acids is 1. The molecule has 110 valence electrons. The average Bonchev–Trinajstić information content (AvgIpc) is 2.49. The number of amides is 1. The van der Waals surface area contributed by atoms with Gasteiger partial charge in [-0.15, -0.1) is 0 Å². The van der Waals surface area contributed by atoms with Crippen LogP contribution in [0.1, 0.15) is 12.8 Å². The van der Waals surface area contributed by atoms with Crippen molar-refractivity contribution >= 4 is 34.8 Å². The van der Waals surface area contributed by atoms with Crippen molar-refractivity contribution in [3.05, 3.63) is 58.6 Å². The van der Waals surface area contributed by atoms with E-state index in [9.17, 15) is 4.79 Å². The number of carbonyl (C=O) groups is 1. The predicted octanol–water partition coefficient (Wildman–Crippen LogP) is 4.79. The highest BCUT2D eigenvalue weighted by Gasteiger charge is 2.04. The van der Waals surface area contributed by atoms with Gasteiger partial charge in [0.2, 0.25) is 5.91 Å². The van der Waals surface area contributed by atoms with Gasteiger partial charge in [-0.2, -0.15) is 0 Å². The Bertz CT molecular complexity index is 602.